The van der Waals surface area contributed by atoms with E-state index in [0.717, 1.165) is 0 Å². The topological polar surface area (TPSA) is 0 Å². The van der Waals surface area contributed by atoms with Crippen molar-refractivity contribution >= 4 is 44.8 Å². The van der Waals surface area contributed by atoms with E-state index in [1.54, 1.807) is 11.3 Å². The lowest BCUT2D eigenvalue weighted by Gasteiger charge is -2.01. The molecular weight excluding hydrogens is 360 g/mol. The average molecular weight is 375 g/mol. The van der Waals surface area contributed by atoms with Gasteiger partial charge in [0.2, 0.25) is 0 Å². The summed E-state index contributed by atoms with van der Waals surface area (Å²) in [4.78, 5) is 6.72. The van der Waals surface area contributed by atoms with Crippen LogP contribution in [0.1, 0.15) is 0 Å². The molecule has 0 fully saturated rings. The molecule has 0 aliphatic rings. The molecule has 0 unspecified atom stereocenters. The Labute approximate surface area is 158 Å². The molecule has 3 heteroatoms. The monoisotopic (exact) mass is 374 g/mol. The summed E-state index contributed by atoms with van der Waals surface area (Å²) in [5.41, 5.74) is 1.30. The maximum atomic E-state index is 2.29. The van der Waals surface area contributed by atoms with Crippen molar-refractivity contribution in [2.45, 2.75) is 0 Å². The Morgan fingerprint density at radius 1 is 0.480 bits per heavy atom. The van der Waals surface area contributed by atoms with Crippen LogP contribution in [-0.2, 0) is 0 Å². The van der Waals surface area contributed by atoms with Crippen molar-refractivity contribution in [3.05, 3.63) is 84.2 Å². The standard InChI is InChI=1S/C22H14S3/c1-2-5-16-14-17(8-7-15(16)4-1)18-9-10-21(24-18)22-12-11-20(25-22)19-6-3-13-23-19/h1-14H. The van der Waals surface area contributed by atoms with Crippen LogP contribution in [0.2, 0.25) is 0 Å². The van der Waals surface area contributed by atoms with E-state index in [4.69, 9.17) is 0 Å². The Morgan fingerprint density at radius 2 is 1.16 bits per heavy atom. The summed E-state index contributed by atoms with van der Waals surface area (Å²) in [6, 6.07) is 28.5. The highest BCUT2D eigenvalue weighted by molar-refractivity contribution is 7.27. The SMILES string of the molecule is c1csc(-c2ccc(-c3ccc(-c4ccc5ccccc5c4)s3)s2)c1. The normalized spacial score (nSPS) is 11.2. The van der Waals surface area contributed by atoms with Crippen molar-refractivity contribution in [3.8, 4) is 29.9 Å². The van der Waals surface area contributed by atoms with Crippen molar-refractivity contribution in [3.63, 3.8) is 0 Å². The minimum atomic E-state index is 1.29. The molecule has 0 saturated heterocycles. The number of benzene rings is 2. The minimum absolute atomic E-state index is 1.29. The summed E-state index contributed by atoms with van der Waals surface area (Å²) in [6.45, 7) is 0. The molecule has 0 N–H and O–H groups in total. The van der Waals surface area contributed by atoms with Crippen LogP contribution in [0.3, 0.4) is 0 Å². The molecule has 0 atom stereocenters. The molecule has 0 bridgehead atoms. The molecule has 0 nitrogen and oxygen atoms in total. The Morgan fingerprint density at radius 3 is 1.92 bits per heavy atom. The van der Waals surface area contributed by atoms with E-state index in [0.29, 0.717) is 0 Å². The van der Waals surface area contributed by atoms with E-state index in [9.17, 15) is 0 Å². The van der Waals surface area contributed by atoms with Crippen molar-refractivity contribution in [1.82, 2.24) is 0 Å². The zero-order chi connectivity index (χ0) is 16.6. The first kappa shape index (κ1) is 15.1. The second-order valence-corrected chi connectivity index (χ2v) is 8.98. The van der Waals surface area contributed by atoms with Crippen LogP contribution in [0, 0.1) is 0 Å². The maximum absolute atomic E-state index is 2.29. The summed E-state index contributed by atoms with van der Waals surface area (Å²) in [7, 11) is 0. The number of fused-ring (bicyclic) bond motifs is 1. The van der Waals surface area contributed by atoms with Crippen LogP contribution in [0.25, 0.3) is 40.7 Å². The highest BCUT2D eigenvalue weighted by Gasteiger charge is 2.09. The molecule has 0 amide bonds. The van der Waals surface area contributed by atoms with Crippen molar-refractivity contribution in [1.29, 1.82) is 0 Å². The van der Waals surface area contributed by atoms with E-state index >= 15 is 0 Å². The Kier molecular flexibility index (Phi) is 3.78. The first-order valence-electron chi connectivity index (χ1n) is 8.10. The molecule has 0 saturated carbocycles. The van der Waals surface area contributed by atoms with E-state index in [-0.39, 0.29) is 0 Å². The molecule has 0 spiro atoms. The summed E-state index contributed by atoms with van der Waals surface area (Å²) in [5, 5.41) is 4.73. The smallest absolute Gasteiger partial charge is 0.0449 e. The minimum Gasteiger partial charge on any atom is -0.143 e. The third-order valence-electron chi connectivity index (χ3n) is 4.25. The quantitative estimate of drug-likeness (QED) is 0.300. The summed E-state index contributed by atoms with van der Waals surface area (Å²) in [5.74, 6) is 0. The van der Waals surface area contributed by atoms with Gasteiger partial charge in [0.25, 0.3) is 0 Å². The largest absolute Gasteiger partial charge is 0.143 e. The number of hydrogen-bond acceptors (Lipinski definition) is 3. The van der Waals surface area contributed by atoms with Crippen LogP contribution in [0.4, 0.5) is 0 Å². The van der Waals surface area contributed by atoms with Gasteiger partial charge in [-0.3, -0.25) is 0 Å². The van der Waals surface area contributed by atoms with Crippen LogP contribution in [-0.4, -0.2) is 0 Å². The van der Waals surface area contributed by atoms with Crippen LogP contribution in [0.15, 0.2) is 84.2 Å². The molecular formula is C22H14S3. The van der Waals surface area contributed by atoms with Gasteiger partial charge in [0, 0.05) is 24.4 Å². The fourth-order valence-electron chi connectivity index (χ4n) is 2.99. The van der Waals surface area contributed by atoms with Gasteiger partial charge in [0.1, 0.15) is 0 Å². The van der Waals surface area contributed by atoms with Gasteiger partial charge in [0.15, 0.2) is 0 Å². The van der Waals surface area contributed by atoms with Crippen LogP contribution in [0.5, 0.6) is 0 Å². The highest BCUT2D eigenvalue weighted by Crippen LogP contribution is 2.41. The van der Waals surface area contributed by atoms with Crippen molar-refractivity contribution in [2.75, 3.05) is 0 Å². The highest BCUT2D eigenvalue weighted by atomic mass is 32.1. The second-order valence-electron chi connectivity index (χ2n) is 5.87. The van der Waals surface area contributed by atoms with E-state index in [1.807, 2.05) is 22.7 Å². The molecule has 3 aromatic heterocycles. The van der Waals surface area contributed by atoms with Gasteiger partial charge in [-0.2, -0.15) is 0 Å². The first-order valence-corrected chi connectivity index (χ1v) is 10.6. The first-order chi connectivity index (χ1) is 12.4. The predicted octanol–water partition coefficient (Wildman–Crippen LogP) is 8.03. The molecule has 5 aromatic rings. The van der Waals surface area contributed by atoms with Gasteiger partial charge in [-0.25, -0.2) is 0 Å². The average Bonchev–Trinajstić information content (AvgIpc) is 3.41. The van der Waals surface area contributed by atoms with Crippen molar-refractivity contribution < 1.29 is 0 Å². The van der Waals surface area contributed by atoms with Gasteiger partial charge in [0.05, 0.1) is 0 Å². The lowest BCUT2D eigenvalue weighted by molar-refractivity contribution is 1.73. The molecule has 5 rings (SSSR count). The summed E-state index contributed by atoms with van der Waals surface area (Å²) < 4.78 is 0. The molecule has 0 radical (unpaired) electrons. The Balaban J connectivity index is 1.50. The predicted molar refractivity (Wildman–Crippen MR) is 114 cm³/mol. The fraction of sp³-hybridized carbons (Fsp3) is 0. The molecule has 25 heavy (non-hydrogen) atoms. The lowest BCUT2D eigenvalue weighted by Crippen LogP contribution is -1.74. The maximum Gasteiger partial charge on any atom is 0.0449 e. The second kappa shape index (κ2) is 6.26. The molecule has 2 aromatic carbocycles. The Bertz CT molecular complexity index is 1140. The summed E-state index contributed by atoms with van der Waals surface area (Å²) >= 11 is 5.55. The Hall–Kier alpha value is -2.20. The molecule has 120 valence electrons. The zero-order valence-electron chi connectivity index (χ0n) is 13.3. The third kappa shape index (κ3) is 2.85. The van der Waals surface area contributed by atoms with Gasteiger partial charge >= 0.3 is 0 Å². The molecule has 0 aliphatic heterocycles. The van der Waals surface area contributed by atoms with Crippen LogP contribution < -0.4 is 0 Å². The van der Waals surface area contributed by atoms with Crippen LogP contribution >= 0.6 is 34.0 Å². The molecule has 3 heterocycles. The zero-order valence-corrected chi connectivity index (χ0v) is 15.8. The number of rotatable bonds is 3. The van der Waals surface area contributed by atoms with Crippen molar-refractivity contribution in [2.24, 2.45) is 0 Å². The molecule has 0 aliphatic carbocycles. The third-order valence-corrected chi connectivity index (χ3v) is 7.73. The van der Waals surface area contributed by atoms with Gasteiger partial charge in [-0.05, 0) is 58.1 Å². The van der Waals surface area contributed by atoms with E-state index in [2.05, 4.69) is 84.2 Å². The van der Waals surface area contributed by atoms with Gasteiger partial charge < -0.3 is 0 Å². The number of thiophene rings is 3. The van der Waals surface area contributed by atoms with Gasteiger partial charge in [-0.1, -0.05) is 42.5 Å². The van der Waals surface area contributed by atoms with Gasteiger partial charge in [-0.15, -0.1) is 34.0 Å². The van der Waals surface area contributed by atoms with E-state index < -0.39 is 0 Å². The fourth-order valence-corrected chi connectivity index (χ4v) is 5.92. The summed E-state index contributed by atoms with van der Waals surface area (Å²) in [6.07, 6.45) is 0. The number of hydrogen-bond donors (Lipinski definition) is 0. The lowest BCUT2D eigenvalue weighted by atomic mass is 10.1. The van der Waals surface area contributed by atoms with E-state index in [1.165, 1.54) is 40.7 Å².